The molecule has 1 saturated heterocycles. The highest BCUT2D eigenvalue weighted by molar-refractivity contribution is 7.12. The number of thiophene rings is 2. The minimum atomic E-state index is -0.182. The number of carbonyl (C=O) groups is 2. The largest absolute Gasteiger partial charge is 0.497 e. The Morgan fingerprint density at radius 1 is 1.11 bits per heavy atom. The predicted octanol–water partition coefficient (Wildman–Crippen LogP) is 4.28. The topological polar surface area (TPSA) is 74.7 Å². The summed E-state index contributed by atoms with van der Waals surface area (Å²) in [5, 5.41) is 10.5. The zero-order chi connectivity index (χ0) is 26.5. The van der Waals surface area contributed by atoms with Gasteiger partial charge in [-0.25, -0.2) is 5.01 Å². The Morgan fingerprint density at radius 2 is 1.89 bits per heavy atom. The SMILES string of the molecule is COc1ccc(C(=O)N(CCN2CCOCC2)CC(=O)N2N=C(c3cccs3)C[C@@H]2c2sccc2C)cc1. The lowest BCUT2D eigenvalue weighted by Gasteiger charge is -2.31. The van der Waals surface area contributed by atoms with Crippen LogP contribution in [0.25, 0.3) is 0 Å². The number of rotatable bonds is 9. The minimum absolute atomic E-state index is 0.0443. The number of benzene rings is 1. The molecule has 3 aromatic rings. The standard InChI is InChI=1S/C28H32N4O4S2/c1-20-9-17-38-27(20)24-18-23(25-4-3-16-37-25)29-32(24)26(33)19-31(11-10-30-12-14-36-15-13-30)28(34)21-5-7-22(35-2)8-6-21/h3-9,16-17,24H,10-15,18-19H2,1-2H3/t24-/m1/s1. The van der Waals surface area contributed by atoms with Crippen molar-refractivity contribution in [1.82, 2.24) is 14.8 Å². The van der Waals surface area contributed by atoms with E-state index in [1.807, 2.05) is 17.5 Å². The molecule has 0 bridgehead atoms. The number of methoxy groups -OCH3 is 1. The van der Waals surface area contributed by atoms with Crippen molar-refractivity contribution < 1.29 is 19.1 Å². The van der Waals surface area contributed by atoms with Crippen LogP contribution in [-0.4, -0.2) is 85.4 Å². The van der Waals surface area contributed by atoms with Crippen molar-refractivity contribution in [3.63, 3.8) is 0 Å². The van der Waals surface area contributed by atoms with Crippen LogP contribution in [0.4, 0.5) is 0 Å². The lowest BCUT2D eigenvalue weighted by Crippen LogP contribution is -2.46. The first-order valence-electron chi connectivity index (χ1n) is 12.7. The lowest BCUT2D eigenvalue weighted by molar-refractivity contribution is -0.133. The quantitative estimate of drug-likeness (QED) is 0.396. The van der Waals surface area contributed by atoms with Gasteiger partial charge in [0, 0.05) is 43.0 Å². The second kappa shape index (κ2) is 12.2. The van der Waals surface area contributed by atoms with E-state index in [-0.39, 0.29) is 24.4 Å². The van der Waals surface area contributed by atoms with Crippen LogP contribution in [0.2, 0.25) is 0 Å². The highest BCUT2D eigenvalue weighted by Gasteiger charge is 2.36. The third-order valence-corrected chi connectivity index (χ3v) is 8.96. The van der Waals surface area contributed by atoms with Crippen LogP contribution in [-0.2, 0) is 9.53 Å². The summed E-state index contributed by atoms with van der Waals surface area (Å²) in [5.74, 6) is 0.317. The molecule has 5 rings (SSSR count). The Morgan fingerprint density at radius 3 is 2.55 bits per heavy atom. The monoisotopic (exact) mass is 552 g/mol. The highest BCUT2D eigenvalue weighted by Crippen LogP contribution is 2.38. The molecule has 2 aliphatic heterocycles. The predicted molar refractivity (Wildman–Crippen MR) is 150 cm³/mol. The number of hydrogen-bond acceptors (Lipinski definition) is 8. The molecule has 1 aromatic carbocycles. The van der Waals surface area contributed by atoms with Crippen molar-refractivity contribution in [3.8, 4) is 5.75 Å². The van der Waals surface area contributed by atoms with Crippen molar-refractivity contribution in [1.29, 1.82) is 0 Å². The van der Waals surface area contributed by atoms with E-state index in [9.17, 15) is 9.59 Å². The maximum atomic E-state index is 13.9. The molecule has 1 atom stereocenters. The summed E-state index contributed by atoms with van der Waals surface area (Å²) in [6, 6.07) is 13.0. The summed E-state index contributed by atoms with van der Waals surface area (Å²) in [6.07, 6.45) is 0.661. The van der Waals surface area contributed by atoms with Gasteiger partial charge in [-0.3, -0.25) is 14.5 Å². The van der Waals surface area contributed by atoms with Gasteiger partial charge in [-0.05, 0) is 59.6 Å². The molecule has 0 aliphatic carbocycles. The number of aryl methyl sites for hydroxylation is 1. The normalized spacial score (nSPS) is 17.9. The van der Waals surface area contributed by atoms with Gasteiger partial charge in [0.1, 0.15) is 12.3 Å². The molecule has 2 amide bonds. The fraction of sp³-hybridized carbons (Fsp3) is 0.393. The van der Waals surface area contributed by atoms with Gasteiger partial charge in [0.15, 0.2) is 0 Å². The number of amides is 2. The zero-order valence-electron chi connectivity index (χ0n) is 21.7. The second-order valence-corrected chi connectivity index (χ2v) is 11.3. The maximum absolute atomic E-state index is 13.9. The average molecular weight is 553 g/mol. The van der Waals surface area contributed by atoms with E-state index in [0.717, 1.165) is 34.1 Å². The third kappa shape index (κ3) is 5.99. The van der Waals surface area contributed by atoms with Crippen molar-refractivity contribution in [2.24, 2.45) is 5.10 Å². The average Bonchev–Trinajstić information content (AvgIpc) is 3.72. The molecule has 10 heteroatoms. The molecule has 0 spiro atoms. The van der Waals surface area contributed by atoms with E-state index < -0.39 is 0 Å². The smallest absolute Gasteiger partial charge is 0.262 e. The Bertz CT molecular complexity index is 1270. The van der Waals surface area contributed by atoms with E-state index >= 15 is 0 Å². The first kappa shape index (κ1) is 26.6. The maximum Gasteiger partial charge on any atom is 0.262 e. The molecule has 8 nitrogen and oxygen atoms in total. The van der Waals surface area contributed by atoms with Gasteiger partial charge in [0.2, 0.25) is 0 Å². The van der Waals surface area contributed by atoms with Crippen molar-refractivity contribution in [2.45, 2.75) is 19.4 Å². The first-order chi connectivity index (χ1) is 18.5. The van der Waals surface area contributed by atoms with E-state index in [1.165, 1.54) is 0 Å². The van der Waals surface area contributed by atoms with E-state index in [0.29, 0.717) is 44.0 Å². The summed E-state index contributed by atoms with van der Waals surface area (Å²) >= 11 is 3.27. The van der Waals surface area contributed by atoms with Crippen LogP contribution in [0.15, 0.2) is 58.3 Å². The number of hydrogen-bond donors (Lipinski definition) is 0. The third-order valence-electron chi connectivity index (χ3n) is 6.92. The summed E-state index contributed by atoms with van der Waals surface area (Å²) in [5.41, 5.74) is 2.59. The fourth-order valence-electron chi connectivity index (χ4n) is 4.75. The van der Waals surface area contributed by atoms with Gasteiger partial charge in [0.05, 0.1) is 37.0 Å². The van der Waals surface area contributed by atoms with E-state index in [4.69, 9.17) is 14.6 Å². The molecule has 4 heterocycles. The van der Waals surface area contributed by atoms with Gasteiger partial charge in [-0.2, -0.15) is 5.10 Å². The molecule has 0 saturated carbocycles. The molecule has 0 unspecified atom stereocenters. The molecule has 200 valence electrons. The van der Waals surface area contributed by atoms with Crippen LogP contribution in [0.1, 0.15) is 38.1 Å². The van der Waals surface area contributed by atoms with Crippen LogP contribution in [0.5, 0.6) is 5.75 Å². The highest BCUT2D eigenvalue weighted by atomic mass is 32.1. The van der Waals surface area contributed by atoms with Crippen molar-refractivity contribution in [3.05, 3.63) is 74.1 Å². The Hall–Kier alpha value is -3.05. The molecule has 2 aliphatic rings. The van der Waals surface area contributed by atoms with Crippen LogP contribution in [0, 0.1) is 6.92 Å². The fourth-order valence-corrected chi connectivity index (χ4v) is 6.49. The molecular formula is C28H32N4O4S2. The number of hydrazone groups is 1. The van der Waals surface area contributed by atoms with Crippen LogP contribution in [0.3, 0.4) is 0 Å². The summed E-state index contributed by atoms with van der Waals surface area (Å²) in [7, 11) is 1.59. The summed E-state index contributed by atoms with van der Waals surface area (Å²) in [4.78, 5) is 33.6. The molecule has 0 radical (unpaired) electrons. The number of ether oxygens (including phenoxy) is 2. The molecule has 38 heavy (non-hydrogen) atoms. The Labute approximate surface area is 231 Å². The van der Waals surface area contributed by atoms with Gasteiger partial charge in [-0.15, -0.1) is 22.7 Å². The van der Waals surface area contributed by atoms with E-state index in [2.05, 4.69) is 23.3 Å². The Kier molecular flexibility index (Phi) is 8.53. The summed E-state index contributed by atoms with van der Waals surface area (Å²) < 4.78 is 10.7. The first-order valence-corrected chi connectivity index (χ1v) is 14.5. The van der Waals surface area contributed by atoms with Crippen molar-refractivity contribution in [2.75, 3.05) is 53.0 Å². The second-order valence-electron chi connectivity index (χ2n) is 9.36. The van der Waals surface area contributed by atoms with Gasteiger partial charge in [-0.1, -0.05) is 6.07 Å². The molecular weight excluding hydrogens is 520 g/mol. The van der Waals surface area contributed by atoms with E-state index in [1.54, 1.807) is 64.0 Å². The molecule has 0 N–H and O–H groups in total. The lowest BCUT2D eigenvalue weighted by atomic mass is 10.1. The van der Waals surface area contributed by atoms with Gasteiger partial charge < -0.3 is 14.4 Å². The number of morpholine rings is 1. The van der Waals surface area contributed by atoms with Gasteiger partial charge >= 0.3 is 0 Å². The minimum Gasteiger partial charge on any atom is -0.497 e. The summed E-state index contributed by atoms with van der Waals surface area (Å²) in [6.45, 7) is 6.14. The zero-order valence-corrected chi connectivity index (χ0v) is 23.3. The number of nitrogens with zero attached hydrogens (tertiary/aromatic N) is 4. The van der Waals surface area contributed by atoms with Gasteiger partial charge in [0.25, 0.3) is 11.8 Å². The molecule has 1 fully saturated rings. The number of carbonyl (C=O) groups excluding carboxylic acids is 2. The van der Waals surface area contributed by atoms with Crippen LogP contribution >= 0.6 is 22.7 Å². The Balaban J connectivity index is 1.38. The molecule has 2 aromatic heterocycles. The van der Waals surface area contributed by atoms with Crippen LogP contribution < -0.4 is 4.74 Å². The van der Waals surface area contributed by atoms with Crippen molar-refractivity contribution >= 4 is 40.2 Å².